The van der Waals surface area contributed by atoms with Gasteiger partial charge in [-0.15, -0.1) is 11.3 Å². The molecule has 0 aliphatic carbocycles. The number of hydrogen-bond acceptors (Lipinski definition) is 9. The maximum Gasteiger partial charge on any atom is 0.414 e. The topological polar surface area (TPSA) is 146 Å². The molecule has 2 N–H and O–H groups in total. The lowest BCUT2D eigenvalue weighted by Crippen LogP contribution is -2.53. The molecule has 2 saturated heterocycles. The summed E-state index contributed by atoms with van der Waals surface area (Å²) in [6.07, 6.45) is -1.90. The summed E-state index contributed by atoms with van der Waals surface area (Å²) < 4.78 is 25.9. The van der Waals surface area contributed by atoms with Gasteiger partial charge < -0.3 is 19.5 Å². The minimum absolute atomic E-state index is 0.101. The highest BCUT2D eigenvalue weighted by molar-refractivity contribution is 7.18. The zero-order chi connectivity index (χ0) is 29.2. The summed E-state index contributed by atoms with van der Waals surface area (Å²) in [6, 6.07) is 6.90. The number of nitrogens with zero attached hydrogens (tertiary/aromatic N) is 3. The summed E-state index contributed by atoms with van der Waals surface area (Å²) in [5.41, 5.74) is -1.24. The van der Waals surface area contributed by atoms with Crippen LogP contribution in [0.25, 0.3) is 0 Å². The first-order valence-electron chi connectivity index (χ1n) is 12.1. The molecule has 214 valence electrons. The number of cyclic esters (lactones) is 1. The fraction of sp³-hybridized carbons (Fsp3) is 0.400. The number of hydrogen-bond donors (Lipinski definition) is 2. The molecule has 0 spiro atoms. The van der Waals surface area contributed by atoms with Crippen molar-refractivity contribution in [1.82, 2.24) is 10.2 Å². The fourth-order valence-corrected chi connectivity index (χ4v) is 5.01. The first-order chi connectivity index (χ1) is 18.9. The summed E-state index contributed by atoms with van der Waals surface area (Å²) in [5.74, 6) is -3.76. The van der Waals surface area contributed by atoms with Crippen LogP contribution in [0.3, 0.4) is 0 Å². The van der Waals surface area contributed by atoms with Gasteiger partial charge in [-0.05, 0) is 44.2 Å². The van der Waals surface area contributed by atoms with E-state index in [0.29, 0.717) is 16.6 Å². The van der Waals surface area contributed by atoms with Gasteiger partial charge in [0.05, 0.1) is 41.1 Å². The van der Waals surface area contributed by atoms with Crippen LogP contribution in [0, 0.1) is 5.82 Å². The van der Waals surface area contributed by atoms with E-state index in [1.807, 2.05) is 0 Å². The number of benzene rings is 1. The number of rotatable bonds is 9. The Hall–Kier alpha value is -3.59. The molecule has 15 heteroatoms. The minimum atomic E-state index is -1.46. The van der Waals surface area contributed by atoms with Crippen LogP contribution in [0.4, 0.5) is 20.6 Å². The van der Waals surface area contributed by atoms with Crippen LogP contribution >= 0.6 is 22.9 Å². The summed E-state index contributed by atoms with van der Waals surface area (Å²) >= 11 is 6.90. The molecule has 0 radical (unpaired) electrons. The molecule has 40 heavy (non-hydrogen) atoms. The number of aliphatic carboxylic acids is 1. The Morgan fingerprint density at radius 1 is 1.23 bits per heavy atom. The average Bonchev–Trinajstić information content (AvgIpc) is 3.50. The zero-order valence-electron chi connectivity index (χ0n) is 21.5. The number of ether oxygens (including phenoxy) is 2. The SMILES string of the molecule is CC(C)(NCC(=O)N(C[C@H]1CN(c2ccc(N3CCOCC3=O)cc2F)C(=O)O1)C(=O)c1ccc(Cl)s1)C(=O)O. The van der Waals surface area contributed by atoms with E-state index in [9.17, 15) is 29.1 Å². The quantitative estimate of drug-likeness (QED) is 0.445. The number of amides is 4. The maximum absolute atomic E-state index is 15.1. The van der Waals surface area contributed by atoms with Crippen LogP contribution in [0.1, 0.15) is 23.5 Å². The van der Waals surface area contributed by atoms with Crippen molar-refractivity contribution in [2.45, 2.75) is 25.5 Å². The number of imide groups is 1. The average molecular weight is 597 g/mol. The Morgan fingerprint density at radius 2 is 1.98 bits per heavy atom. The van der Waals surface area contributed by atoms with E-state index in [1.54, 1.807) is 0 Å². The normalized spacial score (nSPS) is 17.6. The van der Waals surface area contributed by atoms with Crippen LogP contribution in [0.5, 0.6) is 0 Å². The third-order valence-corrected chi connectivity index (χ3v) is 7.55. The van der Waals surface area contributed by atoms with E-state index in [-0.39, 0.29) is 42.7 Å². The summed E-state index contributed by atoms with van der Waals surface area (Å²) in [5, 5.41) is 11.9. The van der Waals surface area contributed by atoms with E-state index in [4.69, 9.17) is 21.1 Å². The van der Waals surface area contributed by atoms with Gasteiger partial charge in [0, 0.05) is 12.2 Å². The number of halogens is 2. The summed E-state index contributed by atoms with van der Waals surface area (Å²) in [4.78, 5) is 65.9. The molecule has 1 atom stereocenters. The van der Waals surface area contributed by atoms with Gasteiger partial charge in [-0.1, -0.05) is 11.6 Å². The van der Waals surface area contributed by atoms with Gasteiger partial charge in [0.25, 0.3) is 11.8 Å². The number of thiophene rings is 1. The number of anilines is 2. The summed E-state index contributed by atoms with van der Waals surface area (Å²) in [7, 11) is 0. The molecular formula is C25H26ClFN4O8S. The molecule has 0 bridgehead atoms. The number of nitrogens with one attached hydrogen (secondary N) is 1. The summed E-state index contributed by atoms with van der Waals surface area (Å²) in [6.45, 7) is 2.14. The van der Waals surface area contributed by atoms with Gasteiger partial charge >= 0.3 is 12.1 Å². The predicted octanol–water partition coefficient (Wildman–Crippen LogP) is 2.35. The third kappa shape index (κ3) is 6.41. The van der Waals surface area contributed by atoms with E-state index < -0.39 is 47.9 Å². The van der Waals surface area contributed by atoms with Crippen LogP contribution in [-0.2, 0) is 23.9 Å². The smallest absolute Gasteiger partial charge is 0.414 e. The molecule has 1 aromatic carbocycles. The van der Waals surface area contributed by atoms with Crippen molar-refractivity contribution in [2.24, 2.45) is 0 Å². The van der Waals surface area contributed by atoms with Gasteiger partial charge in [-0.3, -0.25) is 34.3 Å². The first kappa shape index (κ1) is 29.4. The van der Waals surface area contributed by atoms with Gasteiger partial charge in [-0.2, -0.15) is 0 Å². The Morgan fingerprint density at radius 3 is 2.60 bits per heavy atom. The van der Waals surface area contributed by atoms with Gasteiger partial charge in [-0.25, -0.2) is 9.18 Å². The second kappa shape index (κ2) is 11.9. The van der Waals surface area contributed by atoms with Crippen molar-refractivity contribution in [3.63, 3.8) is 0 Å². The van der Waals surface area contributed by atoms with Crippen molar-refractivity contribution in [2.75, 3.05) is 49.2 Å². The van der Waals surface area contributed by atoms with Gasteiger partial charge in [0.2, 0.25) is 5.91 Å². The van der Waals surface area contributed by atoms with Crippen molar-refractivity contribution in [3.8, 4) is 0 Å². The highest BCUT2D eigenvalue weighted by Gasteiger charge is 2.38. The third-order valence-electron chi connectivity index (χ3n) is 6.33. The van der Waals surface area contributed by atoms with E-state index in [1.165, 1.54) is 43.0 Å². The van der Waals surface area contributed by atoms with Crippen LogP contribution < -0.4 is 15.1 Å². The van der Waals surface area contributed by atoms with Crippen LogP contribution in [-0.4, -0.2) is 90.8 Å². The van der Waals surface area contributed by atoms with Crippen molar-refractivity contribution >= 4 is 64.1 Å². The molecule has 12 nitrogen and oxygen atoms in total. The lowest BCUT2D eigenvalue weighted by molar-refractivity contribution is -0.143. The van der Waals surface area contributed by atoms with E-state index in [2.05, 4.69) is 5.32 Å². The predicted molar refractivity (Wildman–Crippen MR) is 142 cm³/mol. The molecule has 0 saturated carbocycles. The second-order valence-corrected chi connectivity index (χ2v) is 11.3. The van der Waals surface area contributed by atoms with Gasteiger partial charge in [0.15, 0.2) is 0 Å². The molecule has 1 aromatic heterocycles. The molecule has 0 unspecified atom stereocenters. The number of carboxylic acid groups (broad SMARTS) is 1. The van der Waals surface area contributed by atoms with Gasteiger partial charge in [0.1, 0.15) is 24.1 Å². The van der Waals surface area contributed by atoms with Crippen molar-refractivity contribution in [3.05, 3.63) is 45.4 Å². The number of carboxylic acids is 1. The van der Waals surface area contributed by atoms with Crippen molar-refractivity contribution in [1.29, 1.82) is 0 Å². The molecular weight excluding hydrogens is 571 g/mol. The lowest BCUT2D eigenvalue weighted by Gasteiger charge is -2.27. The first-order valence-corrected chi connectivity index (χ1v) is 13.3. The fourth-order valence-electron chi connectivity index (χ4n) is 4.02. The molecule has 2 aromatic rings. The Balaban J connectivity index is 1.50. The standard InChI is InChI=1S/C25H26ClFN4O8S/c1-25(2,23(35)36)28-10-20(32)31(22(34)18-5-6-19(26)40-18)12-15-11-30(24(37)39-15)17-4-3-14(9-16(17)27)29-7-8-38-13-21(29)33/h3-6,9,15,28H,7-8,10-13H2,1-2H3,(H,35,36)/t15-/m1/s1. The largest absolute Gasteiger partial charge is 0.480 e. The van der Waals surface area contributed by atoms with Crippen LogP contribution in [0.2, 0.25) is 4.34 Å². The molecule has 2 aliphatic rings. The number of carbonyl (C=O) groups excluding carboxylic acids is 4. The number of morpholine rings is 1. The zero-order valence-corrected chi connectivity index (χ0v) is 23.1. The van der Waals surface area contributed by atoms with Crippen molar-refractivity contribution < 1.29 is 42.9 Å². The Kier molecular flexibility index (Phi) is 8.73. The van der Waals surface area contributed by atoms with E-state index >= 15 is 4.39 Å². The number of carbonyl (C=O) groups is 5. The second-order valence-electron chi connectivity index (χ2n) is 9.55. The minimum Gasteiger partial charge on any atom is -0.480 e. The van der Waals surface area contributed by atoms with Crippen LogP contribution in [0.15, 0.2) is 30.3 Å². The molecule has 4 rings (SSSR count). The monoisotopic (exact) mass is 596 g/mol. The maximum atomic E-state index is 15.1. The molecule has 2 aliphatic heterocycles. The highest BCUT2D eigenvalue weighted by Crippen LogP contribution is 2.30. The Bertz CT molecular complexity index is 1350. The molecule has 2 fully saturated rings. The molecule has 3 heterocycles. The lowest BCUT2D eigenvalue weighted by atomic mass is 10.1. The molecule has 4 amide bonds. The Labute approximate surface area is 237 Å². The van der Waals surface area contributed by atoms with E-state index in [0.717, 1.165) is 27.2 Å². The highest BCUT2D eigenvalue weighted by atomic mass is 35.5.